The number of hydrogen-bond donors (Lipinski definition) is 2. The van der Waals surface area contributed by atoms with Crippen LogP contribution in [0.1, 0.15) is 18.4 Å². The van der Waals surface area contributed by atoms with Crippen LogP contribution in [0.3, 0.4) is 0 Å². The van der Waals surface area contributed by atoms with E-state index in [0.717, 1.165) is 5.56 Å². The Hall–Kier alpha value is -0.620. The summed E-state index contributed by atoms with van der Waals surface area (Å²) in [6, 6.07) is 9.00. The lowest BCUT2D eigenvalue weighted by Gasteiger charge is -2.16. The van der Waals surface area contributed by atoms with Gasteiger partial charge in [0.05, 0.1) is 12.4 Å². The predicted molar refractivity (Wildman–Crippen MR) is 77.9 cm³/mol. The molecule has 0 saturated carbocycles. The van der Waals surface area contributed by atoms with Crippen LogP contribution < -0.4 is 4.72 Å². The normalized spacial score (nSPS) is 13.4. The van der Waals surface area contributed by atoms with Gasteiger partial charge in [0.25, 0.3) is 0 Å². The molecule has 19 heavy (non-hydrogen) atoms. The van der Waals surface area contributed by atoms with Gasteiger partial charge in [0.2, 0.25) is 10.0 Å². The van der Waals surface area contributed by atoms with Crippen LogP contribution in [0, 0.1) is 0 Å². The van der Waals surface area contributed by atoms with Gasteiger partial charge in [-0.3, -0.25) is 0 Å². The van der Waals surface area contributed by atoms with E-state index < -0.39 is 16.1 Å². The Bertz CT molecular complexity index is 450. The Kier molecular flexibility index (Phi) is 7.38. The van der Waals surface area contributed by atoms with Crippen molar-refractivity contribution < 1.29 is 13.5 Å². The largest absolute Gasteiger partial charge is 0.395 e. The summed E-state index contributed by atoms with van der Waals surface area (Å²) in [6.07, 6.45) is 1.68. The molecule has 0 aliphatic carbocycles. The van der Waals surface area contributed by atoms with Crippen LogP contribution in [0.25, 0.3) is 0 Å². The molecule has 1 aromatic rings. The topological polar surface area (TPSA) is 66.4 Å². The molecular weight excluding hydrogens is 286 g/mol. The van der Waals surface area contributed by atoms with E-state index in [1.807, 2.05) is 30.3 Å². The summed E-state index contributed by atoms with van der Waals surface area (Å²) in [7, 11) is -3.35. The Balaban J connectivity index is 2.52. The lowest BCUT2D eigenvalue weighted by atomic mass is 10.1. The molecule has 0 aliphatic heterocycles. The molecule has 0 fully saturated rings. The average Bonchev–Trinajstić information content (AvgIpc) is 2.39. The van der Waals surface area contributed by atoms with Crippen molar-refractivity contribution >= 4 is 21.6 Å². The van der Waals surface area contributed by atoms with E-state index in [9.17, 15) is 13.5 Å². The van der Waals surface area contributed by atoms with Crippen molar-refractivity contribution in [1.82, 2.24) is 4.72 Å². The summed E-state index contributed by atoms with van der Waals surface area (Å²) >= 11 is 5.52. The molecule has 0 aromatic heterocycles. The van der Waals surface area contributed by atoms with E-state index in [2.05, 4.69) is 4.72 Å². The van der Waals surface area contributed by atoms with Crippen LogP contribution in [0.2, 0.25) is 0 Å². The Morgan fingerprint density at radius 1 is 1.21 bits per heavy atom. The van der Waals surface area contributed by atoms with E-state index in [-0.39, 0.29) is 12.4 Å². The van der Waals surface area contributed by atoms with Gasteiger partial charge in [0, 0.05) is 11.9 Å². The highest BCUT2D eigenvalue weighted by atomic mass is 35.5. The number of unbranched alkanes of at least 4 members (excludes halogenated alkanes) is 1. The molecule has 1 unspecified atom stereocenters. The van der Waals surface area contributed by atoms with Crippen molar-refractivity contribution in [2.24, 2.45) is 0 Å². The van der Waals surface area contributed by atoms with Crippen molar-refractivity contribution in [3.63, 3.8) is 0 Å². The van der Waals surface area contributed by atoms with Crippen molar-refractivity contribution in [3.8, 4) is 0 Å². The molecule has 108 valence electrons. The maximum atomic E-state index is 11.8. The highest BCUT2D eigenvalue weighted by molar-refractivity contribution is 7.89. The van der Waals surface area contributed by atoms with E-state index in [0.29, 0.717) is 25.1 Å². The van der Waals surface area contributed by atoms with Gasteiger partial charge in [-0.15, -0.1) is 11.6 Å². The minimum absolute atomic E-state index is 0.0466. The number of hydrogen-bond acceptors (Lipinski definition) is 3. The molecule has 0 bridgehead atoms. The third-order valence-electron chi connectivity index (χ3n) is 2.69. The lowest BCUT2D eigenvalue weighted by Crippen LogP contribution is -2.40. The number of halogens is 1. The van der Waals surface area contributed by atoms with E-state index in [1.165, 1.54) is 0 Å². The molecule has 6 heteroatoms. The van der Waals surface area contributed by atoms with Crippen molar-refractivity contribution in [3.05, 3.63) is 35.9 Å². The van der Waals surface area contributed by atoms with Crippen LogP contribution in [0.4, 0.5) is 0 Å². The number of aliphatic hydroxyl groups is 1. The van der Waals surface area contributed by atoms with E-state index in [1.54, 1.807) is 0 Å². The van der Waals surface area contributed by atoms with Crippen molar-refractivity contribution in [2.75, 3.05) is 18.2 Å². The number of aliphatic hydroxyl groups excluding tert-OH is 1. The summed E-state index contributed by atoms with van der Waals surface area (Å²) in [4.78, 5) is 0. The fourth-order valence-corrected chi connectivity index (χ4v) is 3.30. The first kappa shape index (κ1) is 16.4. The van der Waals surface area contributed by atoms with Crippen molar-refractivity contribution in [1.29, 1.82) is 0 Å². The summed E-state index contributed by atoms with van der Waals surface area (Å²) in [6.45, 7) is -0.219. The highest BCUT2D eigenvalue weighted by Gasteiger charge is 2.17. The number of rotatable bonds is 9. The molecular formula is C13H20ClNO3S. The minimum atomic E-state index is -3.35. The molecule has 0 spiro atoms. The Morgan fingerprint density at radius 2 is 1.89 bits per heavy atom. The third kappa shape index (κ3) is 6.92. The summed E-state index contributed by atoms with van der Waals surface area (Å²) in [5.74, 6) is 0.508. The summed E-state index contributed by atoms with van der Waals surface area (Å²) in [5.41, 5.74) is 0.991. The van der Waals surface area contributed by atoms with Gasteiger partial charge < -0.3 is 5.11 Å². The first-order chi connectivity index (χ1) is 9.07. The second-order valence-electron chi connectivity index (χ2n) is 4.40. The molecule has 0 aliphatic rings. The van der Waals surface area contributed by atoms with Gasteiger partial charge in [0.1, 0.15) is 0 Å². The first-order valence-corrected chi connectivity index (χ1v) is 8.47. The zero-order valence-corrected chi connectivity index (χ0v) is 12.3. The minimum Gasteiger partial charge on any atom is -0.395 e. The standard InChI is InChI=1S/C13H20ClNO3S/c14-8-4-5-9-19(17,18)15-13(11-16)10-12-6-2-1-3-7-12/h1-3,6-7,13,15-16H,4-5,8-11H2. The van der Waals surface area contributed by atoms with Crippen LogP contribution in [0.15, 0.2) is 30.3 Å². The average molecular weight is 306 g/mol. The molecule has 1 aromatic carbocycles. The first-order valence-electron chi connectivity index (χ1n) is 6.28. The van der Waals surface area contributed by atoms with Crippen LogP contribution in [-0.4, -0.2) is 37.8 Å². The van der Waals surface area contributed by atoms with Gasteiger partial charge in [-0.25, -0.2) is 13.1 Å². The van der Waals surface area contributed by atoms with E-state index in [4.69, 9.17) is 11.6 Å². The number of sulfonamides is 1. The lowest BCUT2D eigenvalue weighted by molar-refractivity contribution is 0.256. The molecule has 0 amide bonds. The van der Waals surface area contributed by atoms with Crippen LogP contribution in [0.5, 0.6) is 0 Å². The Morgan fingerprint density at radius 3 is 2.47 bits per heavy atom. The van der Waals surface area contributed by atoms with Gasteiger partial charge in [0.15, 0.2) is 0 Å². The second-order valence-corrected chi connectivity index (χ2v) is 6.65. The zero-order valence-electron chi connectivity index (χ0n) is 10.8. The molecule has 0 radical (unpaired) electrons. The third-order valence-corrected chi connectivity index (χ3v) is 4.47. The van der Waals surface area contributed by atoms with Gasteiger partial charge in [-0.2, -0.15) is 0 Å². The fourth-order valence-electron chi connectivity index (χ4n) is 1.74. The smallest absolute Gasteiger partial charge is 0.211 e. The molecule has 0 saturated heterocycles. The predicted octanol–water partition coefficient (Wildman–Crippen LogP) is 1.53. The zero-order chi connectivity index (χ0) is 14.1. The highest BCUT2D eigenvalue weighted by Crippen LogP contribution is 2.05. The maximum absolute atomic E-state index is 11.8. The molecule has 4 nitrogen and oxygen atoms in total. The maximum Gasteiger partial charge on any atom is 0.211 e. The van der Waals surface area contributed by atoms with Crippen LogP contribution in [-0.2, 0) is 16.4 Å². The van der Waals surface area contributed by atoms with Gasteiger partial charge in [-0.05, 0) is 24.8 Å². The summed E-state index contributed by atoms with van der Waals surface area (Å²) < 4.78 is 26.1. The monoisotopic (exact) mass is 305 g/mol. The van der Waals surface area contributed by atoms with E-state index >= 15 is 0 Å². The Labute approximate surface area is 119 Å². The molecule has 0 heterocycles. The second kappa shape index (κ2) is 8.53. The number of alkyl halides is 1. The molecule has 1 rings (SSSR count). The van der Waals surface area contributed by atoms with Crippen LogP contribution >= 0.6 is 11.6 Å². The van der Waals surface area contributed by atoms with Gasteiger partial charge >= 0.3 is 0 Å². The fraction of sp³-hybridized carbons (Fsp3) is 0.538. The van der Waals surface area contributed by atoms with Gasteiger partial charge in [-0.1, -0.05) is 30.3 Å². The summed E-state index contributed by atoms with van der Waals surface area (Å²) in [5, 5.41) is 9.27. The molecule has 2 N–H and O–H groups in total. The molecule has 1 atom stereocenters. The quantitative estimate of drug-likeness (QED) is 0.537. The van der Waals surface area contributed by atoms with Crippen molar-refractivity contribution in [2.45, 2.75) is 25.3 Å². The number of benzene rings is 1. The number of nitrogens with one attached hydrogen (secondary N) is 1. The SMILES string of the molecule is O=S(=O)(CCCCCl)NC(CO)Cc1ccccc1.